The van der Waals surface area contributed by atoms with Crippen LogP contribution in [0.15, 0.2) is 23.5 Å². The summed E-state index contributed by atoms with van der Waals surface area (Å²) >= 11 is 0. The van der Waals surface area contributed by atoms with Gasteiger partial charge < -0.3 is 18.9 Å². The molecule has 7 heteroatoms. The van der Waals surface area contributed by atoms with Crippen molar-refractivity contribution in [2.75, 3.05) is 13.7 Å². The standard InChI is InChI=1S/C15H18O7/c1-8(16)20-6-10-4-5-11-12(14(18)19-3)7-21-15(13(10)11)22-9(2)17/h4,7,11,13,15H,5-6H2,1-3H3/t11-,13-,15+/m1/s1. The Labute approximate surface area is 127 Å². The average molecular weight is 310 g/mol. The van der Waals surface area contributed by atoms with Crippen molar-refractivity contribution in [2.24, 2.45) is 11.8 Å². The van der Waals surface area contributed by atoms with Gasteiger partial charge in [0.1, 0.15) is 6.61 Å². The number of carbonyl (C=O) groups excluding carboxylic acids is 3. The number of rotatable bonds is 4. The van der Waals surface area contributed by atoms with E-state index >= 15 is 0 Å². The lowest BCUT2D eigenvalue weighted by Crippen LogP contribution is -2.38. The zero-order chi connectivity index (χ0) is 16.3. The van der Waals surface area contributed by atoms with E-state index in [1.165, 1.54) is 27.2 Å². The molecule has 0 saturated carbocycles. The van der Waals surface area contributed by atoms with Crippen LogP contribution in [0.4, 0.5) is 0 Å². The van der Waals surface area contributed by atoms with Gasteiger partial charge >= 0.3 is 17.9 Å². The molecule has 0 fully saturated rings. The van der Waals surface area contributed by atoms with Gasteiger partial charge in [-0.05, 0) is 12.0 Å². The third kappa shape index (κ3) is 3.29. The van der Waals surface area contributed by atoms with Crippen molar-refractivity contribution >= 4 is 17.9 Å². The largest absolute Gasteiger partial charge is 0.466 e. The molecule has 0 N–H and O–H groups in total. The second-order valence-electron chi connectivity index (χ2n) is 5.11. The quantitative estimate of drug-likeness (QED) is 0.436. The molecule has 0 aromatic carbocycles. The molecule has 1 heterocycles. The molecule has 0 spiro atoms. The number of carbonyl (C=O) groups is 3. The summed E-state index contributed by atoms with van der Waals surface area (Å²) in [5, 5.41) is 0. The predicted molar refractivity (Wildman–Crippen MR) is 73.1 cm³/mol. The highest BCUT2D eigenvalue weighted by Gasteiger charge is 2.45. The fourth-order valence-electron chi connectivity index (χ4n) is 2.74. The molecule has 0 radical (unpaired) electrons. The van der Waals surface area contributed by atoms with Crippen molar-refractivity contribution in [3.63, 3.8) is 0 Å². The summed E-state index contributed by atoms with van der Waals surface area (Å²) in [6.45, 7) is 2.67. The lowest BCUT2D eigenvalue weighted by atomic mass is 9.83. The molecule has 2 aliphatic rings. The SMILES string of the molecule is COC(=O)C1=CO[C@@H](OC(C)=O)[C@@H]2C(COC(C)=O)=CC[C@H]12. The van der Waals surface area contributed by atoms with Crippen LogP contribution in [0.3, 0.4) is 0 Å². The second kappa shape index (κ2) is 6.64. The van der Waals surface area contributed by atoms with E-state index in [1.54, 1.807) is 0 Å². The van der Waals surface area contributed by atoms with E-state index in [4.69, 9.17) is 18.9 Å². The first-order chi connectivity index (χ1) is 10.4. The van der Waals surface area contributed by atoms with Gasteiger partial charge in [-0.2, -0.15) is 0 Å². The summed E-state index contributed by atoms with van der Waals surface area (Å²) in [4.78, 5) is 34.0. The van der Waals surface area contributed by atoms with Crippen LogP contribution in [0, 0.1) is 11.8 Å². The van der Waals surface area contributed by atoms with Crippen LogP contribution in [0.25, 0.3) is 0 Å². The Balaban J connectivity index is 2.22. The number of allylic oxidation sites excluding steroid dienone is 1. The van der Waals surface area contributed by atoms with Crippen molar-refractivity contribution < 1.29 is 33.3 Å². The van der Waals surface area contributed by atoms with Crippen LogP contribution in [0.1, 0.15) is 20.3 Å². The maximum atomic E-state index is 11.8. The van der Waals surface area contributed by atoms with Crippen molar-refractivity contribution in [3.8, 4) is 0 Å². The van der Waals surface area contributed by atoms with Gasteiger partial charge in [-0.15, -0.1) is 0 Å². The maximum Gasteiger partial charge on any atom is 0.337 e. The highest BCUT2D eigenvalue weighted by Crippen LogP contribution is 2.43. The third-order valence-electron chi connectivity index (χ3n) is 3.66. The Morgan fingerprint density at radius 2 is 2.00 bits per heavy atom. The van der Waals surface area contributed by atoms with Gasteiger partial charge in [0.25, 0.3) is 6.29 Å². The molecule has 0 unspecified atom stereocenters. The summed E-state index contributed by atoms with van der Waals surface area (Å²) < 4.78 is 20.3. The fourth-order valence-corrected chi connectivity index (χ4v) is 2.74. The van der Waals surface area contributed by atoms with E-state index in [0.717, 1.165) is 5.57 Å². The average Bonchev–Trinajstić information content (AvgIpc) is 2.88. The second-order valence-corrected chi connectivity index (χ2v) is 5.11. The van der Waals surface area contributed by atoms with Gasteiger partial charge in [0.15, 0.2) is 0 Å². The predicted octanol–water partition coefficient (Wildman–Crippen LogP) is 1.09. The first-order valence-corrected chi connectivity index (χ1v) is 6.87. The van der Waals surface area contributed by atoms with Crippen molar-refractivity contribution in [1.29, 1.82) is 0 Å². The summed E-state index contributed by atoms with van der Waals surface area (Å²) in [7, 11) is 1.29. The van der Waals surface area contributed by atoms with Gasteiger partial charge in [0.2, 0.25) is 0 Å². The smallest absolute Gasteiger partial charge is 0.337 e. The fraction of sp³-hybridized carbons (Fsp3) is 0.533. The molecule has 120 valence electrons. The highest BCUT2D eigenvalue weighted by atomic mass is 16.7. The molecule has 0 aromatic heterocycles. The van der Waals surface area contributed by atoms with Gasteiger partial charge in [-0.25, -0.2) is 4.79 Å². The molecule has 0 aromatic rings. The van der Waals surface area contributed by atoms with E-state index in [0.29, 0.717) is 12.0 Å². The minimum atomic E-state index is -0.847. The highest BCUT2D eigenvalue weighted by molar-refractivity contribution is 5.89. The molecule has 0 bridgehead atoms. The molecule has 3 atom stereocenters. The number of hydrogen-bond acceptors (Lipinski definition) is 7. The lowest BCUT2D eigenvalue weighted by Gasteiger charge is -2.34. The van der Waals surface area contributed by atoms with Crippen LogP contribution < -0.4 is 0 Å². The summed E-state index contributed by atoms with van der Waals surface area (Å²) in [6.07, 6.45) is 2.87. The normalized spacial score (nSPS) is 26.0. The Kier molecular flexibility index (Phi) is 4.85. The first kappa shape index (κ1) is 16.1. The van der Waals surface area contributed by atoms with Crippen LogP contribution in [0.2, 0.25) is 0 Å². The van der Waals surface area contributed by atoms with Gasteiger partial charge in [-0.3, -0.25) is 9.59 Å². The molecule has 22 heavy (non-hydrogen) atoms. The van der Waals surface area contributed by atoms with Crippen molar-refractivity contribution in [2.45, 2.75) is 26.6 Å². The minimum absolute atomic E-state index is 0.0755. The zero-order valence-electron chi connectivity index (χ0n) is 12.7. The summed E-state index contributed by atoms with van der Waals surface area (Å²) in [5.74, 6) is -1.98. The van der Waals surface area contributed by atoms with Crippen LogP contribution in [-0.2, 0) is 33.3 Å². The third-order valence-corrected chi connectivity index (χ3v) is 3.66. The minimum Gasteiger partial charge on any atom is -0.466 e. The van der Waals surface area contributed by atoms with E-state index < -0.39 is 24.2 Å². The summed E-state index contributed by atoms with van der Waals surface area (Å²) in [5.41, 5.74) is 1.14. The molecule has 2 rings (SSSR count). The van der Waals surface area contributed by atoms with E-state index in [9.17, 15) is 14.4 Å². The monoisotopic (exact) mass is 310 g/mol. The van der Waals surface area contributed by atoms with E-state index in [1.807, 2.05) is 6.08 Å². The molecule has 7 nitrogen and oxygen atoms in total. The van der Waals surface area contributed by atoms with Crippen LogP contribution in [0.5, 0.6) is 0 Å². The molecular formula is C15H18O7. The molecule has 1 aliphatic heterocycles. The van der Waals surface area contributed by atoms with Gasteiger partial charge in [0, 0.05) is 19.8 Å². The van der Waals surface area contributed by atoms with E-state index in [2.05, 4.69) is 0 Å². The first-order valence-electron chi connectivity index (χ1n) is 6.87. The zero-order valence-corrected chi connectivity index (χ0v) is 12.7. The Morgan fingerprint density at radius 1 is 1.27 bits per heavy atom. The number of ether oxygens (including phenoxy) is 4. The van der Waals surface area contributed by atoms with E-state index in [-0.39, 0.29) is 18.4 Å². The summed E-state index contributed by atoms with van der Waals surface area (Å²) in [6, 6.07) is 0. The van der Waals surface area contributed by atoms with Crippen LogP contribution in [-0.4, -0.2) is 37.9 Å². The molecular weight excluding hydrogens is 292 g/mol. The maximum absolute atomic E-state index is 11.8. The number of methoxy groups -OCH3 is 1. The molecule has 0 amide bonds. The molecule has 0 saturated heterocycles. The number of hydrogen-bond donors (Lipinski definition) is 0. The number of esters is 3. The Hall–Kier alpha value is -2.31. The number of fused-ring (bicyclic) bond motifs is 1. The Morgan fingerprint density at radius 3 is 2.59 bits per heavy atom. The van der Waals surface area contributed by atoms with Crippen molar-refractivity contribution in [3.05, 3.63) is 23.5 Å². The van der Waals surface area contributed by atoms with Crippen LogP contribution >= 0.6 is 0 Å². The van der Waals surface area contributed by atoms with Gasteiger partial charge in [-0.1, -0.05) is 6.08 Å². The Bertz CT molecular complexity index is 546. The van der Waals surface area contributed by atoms with Gasteiger partial charge in [0.05, 0.1) is 24.9 Å². The lowest BCUT2D eigenvalue weighted by molar-refractivity contribution is -0.180. The molecule has 1 aliphatic carbocycles. The van der Waals surface area contributed by atoms with Crippen molar-refractivity contribution in [1.82, 2.24) is 0 Å². The topological polar surface area (TPSA) is 88.1 Å².